The molecule has 0 fully saturated rings. The van der Waals surface area contributed by atoms with Gasteiger partial charge in [0.05, 0.1) is 342 Å². The number of carboxylic acid groups (broad SMARTS) is 1. The summed E-state index contributed by atoms with van der Waals surface area (Å²) in [5, 5.41) is 36.8. The van der Waals surface area contributed by atoms with Crippen molar-refractivity contribution in [1.82, 2.24) is 20.5 Å². The number of aromatic nitrogens is 1. The van der Waals surface area contributed by atoms with Crippen molar-refractivity contribution in [2.75, 3.05) is 356 Å². The molecular formula is C67H126N4O32S. The van der Waals surface area contributed by atoms with Gasteiger partial charge in [-0.15, -0.1) is 11.8 Å². The summed E-state index contributed by atoms with van der Waals surface area (Å²) in [4.78, 5) is 47.1. The number of aliphatic carboxylic acids is 1. The van der Waals surface area contributed by atoms with E-state index in [1.165, 1.54) is 22.4 Å². The quantitative estimate of drug-likeness (QED) is 0.0370. The predicted octanol–water partition coefficient (Wildman–Crippen LogP) is 0.0298. The van der Waals surface area contributed by atoms with E-state index in [9.17, 15) is 29.4 Å². The molecule has 0 unspecified atom stereocenters. The fourth-order valence-corrected chi connectivity index (χ4v) is 8.29. The lowest BCUT2D eigenvalue weighted by Gasteiger charge is -2.09. The maximum atomic E-state index is 12.1. The number of nitrogens with zero attached hydrogens (tertiary/aromatic N) is 1. The molecule has 37 heteroatoms. The van der Waals surface area contributed by atoms with Crippen molar-refractivity contribution in [2.24, 2.45) is 0 Å². The SMILES string of the molecule is CSc1cc(O)n(CCC(=O)NCCOCCOCCOCCOCCOCCOCCOCCOCCOCCOCCOCCOCCC(=O)NCCOCCC(=O)NCCOCCOCCOCCOCCOCCOCCOCCOCCOCCOCCOCCOCCC(=O)O)c1O. The van der Waals surface area contributed by atoms with Crippen molar-refractivity contribution in [1.29, 1.82) is 0 Å². The number of ether oxygens (including phenoxy) is 25. The van der Waals surface area contributed by atoms with Crippen LogP contribution in [0.15, 0.2) is 11.0 Å². The first kappa shape index (κ1) is 98.1. The lowest BCUT2D eigenvalue weighted by Crippen LogP contribution is -2.30. The molecule has 6 N–H and O–H groups in total. The summed E-state index contributed by atoms with van der Waals surface area (Å²) in [7, 11) is 0. The van der Waals surface area contributed by atoms with Crippen molar-refractivity contribution in [3.05, 3.63) is 6.07 Å². The van der Waals surface area contributed by atoms with Crippen LogP contribution in [0.5, 0.6) is 11.8 Å². The van der Waals surface area contributed by atoms with Gasteiger partial charge in [-0.05, 0) is 6.26 Å². The van der Waals surface area contributed by atoms with Gasteiger partial charge in [0.25, 0.3) is 0 Å². The van der Waals surface area contributed by atoms with Crippen molar-refractivity contribution in [2.45, 2.75) is 37.1 Å². The highest BCUT2D eigenvalue weighted by Gasteiger charge is 2.15. The van der Waals surface area contributed by atoms with Crippen LogP contribution in [0.3, 0.4) is 0 Å². The van der Waals surface area contributed by atoms with Crippen LogP contribution in [0.1, 0.15) is 25.7 Å². The van der Waals surface area contributed by atoms with Gasteiger partial charge < -0.3 is 150 Å². The highest BCUT2D eigenvalue weighted by Crippen LogP contribution is 2.34. The average molecular weight is 1530 g/mol. The molecule has 36 nitrogen and oxygen atoms in total. The van der Waals surface area contributed by atoms with E-state index in [1.807, 2.05) is 0 Å². The summed E-state index contributed by atoms with van der Waals surface area (Å²) in [6.07, 6.45) is 2.29. The summed E-state index contributed by atoms with van der Waals surface area (Å²) in [6.45, 7) is 22.0. The van der Waals surface area contributed by atoms with Crippen LogP contribution >= 0.6 is 11.8 Å². The molecule has 0 radical (unpaired) electrons. The number of nitrogens with one attached hydrogen (secondary N) is 3. The molecule has 0 aliphatic carbocycles. The minimum atomic E-state index is -0.886. The van der Waals surface area contributed by atoms with Crippen LogP contribution in [0.25, 0.3) is 0 Å². The minimum Gasteiger partial charge on any atom is -0.494 e. The zero-order chi connectivity index (χ0) is 74.8. The number of amides is 3. The van der Waals surface area contributed by atoms with Crippen LogP contribution in [0.4, 0.5) is 0 Å². The molecule has 0 saturated heterocycles. The normalized spacial score (nSPS) is 11.5. The molecule has 3 amide bonds. The van der Waals surface area contributed by atoms with Gasteiger partial charge in [-0.3, -0.25) is 23.7 Å². The van der Waals surface area contributed by atoms with E-state index in [1.54, 1.807) is 6.26 Å². The molecule has 1 aromatic heterocycles. The van der Waals surface area contributed by atoms with Crippen molar-refractivity contribution < 1.29 is 153 Å². The first-order valence-electron chi connectivity index (χ1n) is 35.8. The van der Waals surface area contributed by atoms with E-state index < -0.39 is 5.97 Å². The fraction of sp³-hybridized carbons (Fsp3) is 0.881. The van der Waals surface area contributed by atoms with Gasteiger partial charge in [0.2, 0.25) is 23.6 Å². The van der Waals surface area contributed by atoms with Crippen molar-refractivity contribution in [3.8, 4) is 11.8 Å². The number of hydrogen-bond donors (Lipinski definition) is 6. The van der Waals surface area contributed by atoms with E-state index in [0.29, 0.717) is 328 Å². The Kier molecular flexibility index (Phi) is 77.0. The third kappa shape index (κ3) is 73.6. The molecule has 1 aromatic rings. The lowest BCUT2D eigenvalue weighted by molar-refractivity contribution is -0.138. The highest BCUT2D eigenvalue weighted by molar-refractivity contribution is 7.98. The summed E-state index contributed by atoms with van der Waals surface area (Å²) in [6, 6.07) is 1.46. The first-order valence-corrected chi connectivity index (χ1v) is 37.1. The number of aromatic hydroxyl groups is 2. The van der Waals surface area contributed by atoms with Crippen LogP contribution in [-0.4, -0.2) is 400 Å². The van der Waals surface area contributed by atoms with Gasteiger partial charge in [0, 0.05) is 51.5 Å². The molecule has 612 valence electrons. The zero-order valence-electron chi connectivity index (χ0n) is 61.6. The number of hydrogen-bond acceptors (Lipinski definition) is 32. The Bertz CT molecular complexity index is 2020. The van der Waals surface area contributed by atoms with Gasteiger partial charge in [-0.1, -0.05) is 0 Å². The summed E-state index contributed by atoms with van der Waals surface area (Å²) >= 11 is 1.31. The van der Waals surface area contributed by atoms with E-state index in [0.717, 1.165) is 0 Å². The molecule has 0 aliphatic rings. The summed E-state index contributed by atoms with van der Waals surface area (Å²) in [5.41, 5.74) is 0. The molecule has 0 aliphatic heterocycles. The fourth-order valence-electron chi connectivity index (χ4n) is 7.77. The highest BCUT2D eigenvalue weighted by atomic mass is 32.2. The largest absolute Gasteiger partial charge is 0.494 e. The molecule has 1 rings (SSSR count). The molecule has 0 aromatic carbocycles. The second-order valence-electron chi connectivity index (χ2n) is 21.3. The zero-order valence-corrected chi connectivity index (χ0v) is 62.4. The molecule has 1 heterocycles. The van der Waals surface area contributed by atoms with E-state index >= 15 is 0 Å². The topological polar surface area (TPSA) is 401 Å². The Morgan fingerprint density at radius 3 is 0.644 bits per heavy atom. The second-order valence-corrected chi connectivity index (χ2v) is 22.1. The van der Waals surface area contributed by atoms with Gasteiger partial charge in [0.1, 0.15) is 0 Å². The smallest absolute Gasteiger partial charge is 0.305 e. The first-order chi connectivity index (χ1) is 51.2. The standard InChI is InChI=1S/C67H126N4O32S/c1-104-61-60-65(75)71(67(61)78)9-2-62(72)68-7-14-82-18-22-86-26-30-90-34-38-94-42-46-98-50-54-102-58-56-100-52-48-96-44-40-92-36-32-88-28-24-84-20-16-80-11-4-64(74)69-6-13-79-10-3-63(73)70-8-15-83-19-23-87-27-31-91-35-39-95-43-47-99-51-55-103-59-57-101-53-49-97-45-41-93-37-33-89-29-25-85-21-17-81-12-5-66(76)77/h60,75,78H,2-59H2,1H3,(H,68,72)(H,69,74)(H,70,73)(H,76,77). The number of carbonyl (C=O) groups is 4. The molecule has 0 bridgehead atoms. The Morgan fingerprint density at radius 1 is 0.279 bits per heavy atom. The van der Waals surface area contributed by atoms with Crippen molar-refractivity contribution in [3.63, 3.8) is 0 Å². The summed E-state index contributed by atoms with van der Waals surface area (Å²) < 4.78 is 138. The number of thioether (sulfide) groups is 1. The minimum absolute atomic E-state index is 0.0167. The van der Waals surface area contributed by atoms with Crippen LogP contribution in [-0.2, 0) is 144 Å². The molecule has 0 spiro atoms. The molecule has 0 saturated carbocycles. The number of carboxylic acids is 1. The van der Waals surface area contributed by atoms with Crippen LogP contribution < -0.4 is 16.0 Å². The number of carbonyl (C=O) groups excluding carboxylic acids is 3. The Balaban J connectivity index is 1.65. The Labute approximate surface area is 617 Å². The van der Waals surface area contributed by atoms with Gasteiger partial charge >= 0.3 is 5.97 Å². The molecule has 104 heavy (non-hydrogen) atoms. The third-order valence-electron chi connectivity index (χ3n) is 13.1. The van der Waals surface area contributed by atoms with Crippen LogP contribution in [0, 0.1) is 0 Å². The predicted molar refractivity (Wildman–Crippen MR) is 375 cm³/mol. The average Bonchev–Trinajstić information content (AvgIpc) is 1.70. The second kappa shape index (κ2) is 81.6. The van der Waals surface area contributed by atoms with Crippen LogP contribution in [0.2, 0.25) is 0 Å². The molecule has 0 atom stereocenters. The van der Waals surface area contributed by atoms with E-state index in [4.69, 9.17) is 124 Å². The Morgan fingerprint density at radius 2 is 0.452 bits per heavy atom. The number of rotatable bonds is 88. The van der Waals surface area contributed by atoms with Crippen molar-refractivity contribution >= 4 is 35.5 Å². The monoisotopic (exact) mass is 1530 g/mol. The maximum absolute atomic E-state index is 12.1. The van der Waals surface area contributed by atoms with Gasteiger partial charge in [0.15, 0.2) is 5.88 Å². The molecular weight excluding hydrogens is 1400 g/mol. The van der Waals surface area contributed by atoms with E-state index in [2.05, 4.69) is 16.0 Å². The third-order valence-corrected chi connectivity index (χ3v) is 13.8. The van der Waals surface area contributed by atoms with E-state index in [-0.39, 0.29) is 88.1 Å². The summed E-state index contributed by atoms with van der Waals surface area (Å²) in [5.74, 6) is -1.54. The Hall–Kier alpha value is -3.89. The van der Waals surface area contributed by atoms with Gasteiger partial charge in [-0.25, -0.2) is 0 Å². The van der Waals surface area contributed by atoms with Gasteiger partial charge in [-0.2, -0.15) is 0 Å². The maximum Gasteiger partial charge on any atom is 0.305 e. The lowest BCUT2D eigenvalue weighted by atomic mass is 10.4.